The second-order valence-electron chi connectivity index (χ2n) is 6.86. The number of halogens is 1. The van der Waals surface area contributed by atoms with Gasteiger partial charge in [-0.25, -0.2) is 9.97 Å². The number of hydrogen-bond donors (Lipinski definition) is 0. The molecule has 5 aromatic rings. The van der Waals surface area contributed by atoms with Crippen LogP contribution in [0.25, 0.3) is 44.7 Å². The predicted octanol–water partition coefficient (Wildman–Crippen LogP) is 7.39. The zero-order valence-electron chi connectivity index (χ0n) is 15.6. The minimum Gasteiger partial charge on any atom is -0.244 e. The van der Waals surface area contributed by atoms with Crippen LogP contribution >= 0.6 is 15.9 Å². The van der Waals surface area contributed by atoms with E-state index in [0.29, 0.717) is 0 Å². The second-order valence-corrected chi connectivity index (χ2v) is 7.78. The summed E-state index contributed by atoms with van der Waals surface area (Å²) < 4.78 is 1.07. The van der Waals surface area contributed by atoms with Gasteiger partial charge in [0.15, 0.2) is 0 Å². The van der Waals surface area contributed by atoms with Crippen LogP contribution in [0.5, 0.6) is 0 Å². The molecule has 0 atom stereocenters. The molecule has 2 nitrogen and oxygen atoms in total. The Morgan fingerprint density at radius 3 is 1.55 bits per heavy atom. The quantitative estimate of drug-likeness (QED) is 0.294. The van der Waals surface area contributed by atoms with Crippen LogP contribution in [0.15, 0.2) is 108 Å². The Bertz CT molecular complexity index is 1280. The highest BCUT2D eigenvalue weighted by molar-refractivity contribution is 9.10. The maximum Gasteiger partial charge on any atom is 0.0973 e. The van der Waals surface area contributed by atoms with Crippen molar-refractivity contribution >= 4 is 27.0 Å². The first-order chi connectivity index (χ1) is 14.3. The molecule has 0 unspecified atom stereocenters. The molecule has 1 heterocycles. The molecule has 29 heavy (non-hydrogen) atoms. The van der Waals surface area contributed by atoms with Gasteiger partial charge in [0.1, 0.15) is 0 Å². The Balaban J connectivity index is 1.73. The van der Waals surface area contributed by atoms with Gasteiger partial charge in [0.05, 0.1) is 22.4 Å². The summed E-state index contributed by atoms with van der Waals surface area (Å²) in [4.78, 5) is 10.1. The van der Waals surface area contributed by atoms with Crippen molar-refractivity contribution in [2.45, 2.75) is 0 Å². The third-order valence-corrected chi connectivity index (χ3v) is 5.46. The number of aromatic nitrogens is 2. The molecular weight excluding hydrogens is 420 g/mol. The maximum absolute atomic E-state index is 5.05. The molecule has 0 saturated carbocycles. The summed E-state index contributed by atoms with van der Waals surface area (Å²) in [6, 6.07) is 35.1. The van der Waals surface area contributed by atoms with E-state index >= 15 is 0 Å². The summed E-state index contributed by atoms with van der Waals surface area (Å²) in [5.41, 5.74) is 8.01. The first-order valence-corrected chi connectivity index (χ1v) is 10.3. The van der Waals surface area contributed by atoms with Gasteiger partial charge in [-0.05, 0) is 35.4 Å². The van der Waals surface area contributed by atoms with Gasteiger partial charge in [-0.3, -0.25) is 0 Å². The standard InChI is InChI=1S/C26H17BrN2/c27-22-14-11-18(12-15-22)21-13-16-23-24(17-21)29-26(20-9-5-2-6-10-20)25(28-23)19-7-3-1-4-8-19/h1-17H. The second kappa shape index (κ2) is 7.61. The van der Waals surface area contributed by atoms with Crippen molar-refractivity contribution in [2.75, 3.05) is 0 Å². The molecule has 0 spiro atoms. The van der Waals surface area contributed by atoms with Crippen LogP contribution in [0.1, 0.15) is 0 Å². The summed E-state index contributed by atoms with van der Waals surface area (Å²) in [5, 5.41) is 0. The monoisotopic (exact) mass is 436 g/mol. The van der Waals surface area contributed by atoms with Gasteiger partial charge in [0.25, 0.3) is 0 Å². The molecule has 0 saturated heterocycles. The summed E-state index contributed by atoms with van der Waals surface area (Å²) in [6.07, 6.45) is 0. The molecule has 0 amide bonds. The molecular formula is C26H17BrN2. The highest BCUT2D eigenvalue weighted by Crippen LogP contribution is 2.32. The Morgan fingerprint density at radius 2 is 0.966 bits per heavy atom. The van der Waals surface area contributed by atoms with E-state index in [1.807, 2.05) is 36.4 Å². The summed E-state index contributed by atoms with van der Waals surface area (Å²) in [6.45, 7) is 0. The highest BCUT2D eigenvalue weighted by Gasteiger charge is 2.13. The Hall–Kier alpha value is -3.30. The Morgan fingerprint density at radius 1 is 0.448 bits per heavy atom. The van der Waals surface area contributed by atoms with E-state index in [1.54, 1.807) is 0 Å². The number of hydrogen-bond acceptors (Lipinski definition) is 2. The van der Waals surface area contributed by atoms with Crippen LogP contribution in [-0.2, 0) is 0 Å². The lowest BCUT2D eigenvalue weighted by molar-refractivity contribution is 1.29. The van der Waals surface area contributed by atoms with Gasteiger partial charge >= 0.3 is 0 Å². The van der Waals surface area contributed by atoms with Crippen LogP contribution < -0.4 is 0 Å². The third kappa shape index (κ3) is 3.57. The largest absolute Gasteiger partial charge is 0.244 e. The number of benzene rings is 4. The van der Waals surface area contributed by atoms with Crippen LogP contribution in [0.4, 0.5) is 0 Å². The maximum atomic E-state index is 5.05. The number of nitrogens with zero attached hydrogens (tertiary/aromatic N) is 2. The van der Waals surface area contributed by atoms with Gasteiger partial charge in [0, 0.05) is 15.6 Å². The predicted molar refractivity (Wildman–Crippen MR) is 124 cm³/mol. The SMILES string of the molecule is Brc1ccc(-c2ccc3nc(-c4ccccc4)c(-c4ccccc4)nc3c2)cc1. The van der Waals surface area contributed by atoms with E-state index in [9.17, 15) is 0 Å². The smallest absolute Gasteiger partial charge is 0.0973 e. The minimum atomic E-state index is 0.893. The van der Waals surface area contributed by atoms with Crippen molar-refractivity contribution in [2.24, 2.45) is 0 Å². The molecule has 0 aliphatic heterocycles. The molecule has 0 aliphatic rings. The van der Waals surface area contributed by atoms with Crippen molar-refractivity contribution in [3.63, 3.8) is 0 Å². The molecule has 5 rings (SSSR count). The fourth-order valence-corrected chi connectivity index (χ4v) is 3.74. The van der Waals surface area contributed by atoms with Gasteiger partial charge in [0.2, 0.25) is 0 Å². The highest BCUT2D eigenvalue weighted by atomic mass is 79.9. The van der Waals surface area contributed by atoms with Gasteiger partial charge in [-0.1, -0.05) is 94.8 Å². The summed E-state index contributed by atoms with van der Waals surface area (Å²) in [7, 11) is 0. The average Bonchev–Trinajstić information content (AvgIpc) is 2.79. The van der Waals surface area contributed by atoms with Crippen molar-refractivity contribution in [1.82, 2.24) is 9.97 Å². The number of rotatable bonds is 3. The van der Waals surface area contributed by atoms with E-state index in [-0.39, 0.29) is 0 Å². The van der Waals surface area contributed by atoms with Crippen LogP contribution in [0.2, 0.25) is 0 Å². The summed E-state index contributed by atoms with van der Waals surface area (Å²) >= 11 is 3.50. The zero-order valence-corrected chi connectivity index (χ0v) is 17.2. The van der Waals surface area contributed by atoms with Crippen LogP contribution in [0.3, 0.4) is 0 Å². The molecule has 0 bridgehead atoms. The summed E-state index contributed by atoms with van der Waals surface area (Å²) in [5.74, 6) is 0. The molecule has 4 aromatic carbocycles. The Labute approximate surface area is 178 Å². The van der Waals surface area contributed by atoms with Crippen molar-refractivity contribution in [3.8, 4) is 33.6 Å². The van der Waals surface area contributed by atoms with Gasteiger partial charge in [-0.15, -0.1) is 0 Å². The molecule has 0 fully saturated rings. The van der Waals surface area contributed by atoms with E-state index in [2.05, 4.69) is 82.7 Å². The minimum absolute atomic E-state index is 0.893. The topological polar surface area (TPSA) is 25.8 Å². The van der Waals surface area contributed by atoms with Crippen molar-refractivity contribution in [1.29, 1.82) is 0 Å². The van der Waals surface area contributed by atoms with E-state index in [0.717, 1.165) is 49.1 Å². The van der Waals surface area contributed by atoms with Crippen LogP contribution in [-0.4, -0.2) is 9.97 Å². The van der Waals surface area contributed by atoms with Crippen LogP contribution in [0, 0.1) is 0 Å². The lowest BCUT2D eigenvalue weighted by Gasteiger charge is -2.11. The third-order valence-electron chi connectivity index (χ3n) is 4.94. The van der Waals surface area contributed by atoms with Gasteiger partial charge < -0.3 is 0 Å². The molecule has 0 aliphatic carbocycles. The lowest BCUT2D eigenvalue weighted by Crippen LogP contribution is -1.95. The molecule has 0 radical (unpaired) electrons. The molecule has 0 N–H and O–H groups in total. The average molecular weight is 437 g/mol. The molecule has 1 aromatic heterocycles. The Kier molecular flexibility index (Phi) is 4.66. The van der Waals surface area contributed by atoms with E-state index < -0.39 is 0 Å². The normalized spacial score (nSPS) is 10.9. The first-order valence-electron chi connectivity index (χ1n) is 9.46. The van der Waals surface area contributed by atoms with Gasteiger partial charge in [-0.2, -0.15) is 0 Å². The van der Waals surface area contributed by atoms with E-state index in [4.69, 9.17) is 9.97 Å². The first kappa shape index (κ1) is 17.8. The zero-order chi connectivity index (χ0) is 19.6. The lowest BCUT2D eigenvalue weighted by atomic mass is 10.0. The fourth-order valence-electron chi connectivity index (χ4n) is 3.47. The van der Waals surface area contributed by atoms with Crippen molar-refractivity contribution in [3.05, 3.63) is 108 Å². The molecule has 3 heteroatoms. The fraction of sp³-hybridized carbons (Fsp3) is 0. The van der Waals surface area contributed by atoms with E-state index in [1.165, 1.54) is 0 Å². The number of fused-ring (bicyclic) bond motifs is 1. The van der Waals surface area contributed by atoms with Crippen molar-refractivity contribution < 1.29 is 0 Å². The molecule has 138 valence electrons.